The molecule has 0 fully saturated rings. The molecular formula is C22H31NOS. The number of rotatable bonds is 8. The number of aryl methyl sites for hydroxylation is 5. The van der Waals surface area contributed by atoms with E-state index in [0.717, 1.165) is 30.6 Å². The minimum absolute atomic E-state index is 0.160. The highest BCUT2D eigenvalue weighted by atomic mass is 32.1. The van der Waals surface area contributed by atoms with Crippen molar-refractivity contribution in [2.45, 2.75) is 72.3 Å². The molecule has 0 aliphatic heterocycles. The van der Waals surface area contributed by atoms with E-state index in [9.17, 15) is 4.79 Å². The average Bonchev–Trinajstić information content (AvgIpc) is 2.89. The zero-order chi connectivity index (χ0) is 18.6. The van der Waals surface area contributed by atoms with Gasteiger partial charge >= 0.3 is 0 Å². The molecule has 0 unspecified atom stereocenters. The first kappa shape index (κ1) is 19.9. The van der Waals surface area contributed by atoms with Crippen LogP contribution in [0.1, 0.15) is 69.9 Å². The largest absolute Gasteiger partial charge is 0.326 e. The van der Waals surface area contributed by atoms with Gasteiger partial charge in [0.1, 0.15) is 0 Å². The monoisotopic (exact) mass is 357 g/mol. The van der Waals surface area contributed by atoms with Gasteiger partial charge in [0.15, 0.2) is 5.78 Å². The van der Waals surface area contributed by atoms with Crippen LogP contribution in [0.2, 0.25) is 0 Å². The topological polar surface area (TPSA) is 43.1 Å². The fourth-order valence-corrected chi connectivity index (χ4v) is 4.02. The van der Waals surface area contributed by atoms with Gasteiger partial charge in [0.05, 0.1) is 4.88 Å². The normalized spacial score (nSPS) is 11.8. The van der Waals surface area contributed by atoms with Gasteiger partial charge in [-0.3, -0.25) is 4.79 Å². The van der Waals surface area contributed by atoms with Crippen LogP contribution < -0.4 is 5.73 Å². The van der Waals surface area contributed by atoms with Crippen LogP contribution in [-0.2, 0) is 12.8 Å². The molecule has 1 aromatic heterocycles. The molecule has 0 radical (unpaired) electrons. The molecule has 0 bridgehead atoms. The molecule has 25 heavy (non-hydrogen) atoms. The van der Waals surface area contributed by atoms with Crippen molar-refractivity contribution in [3.05, 3.63) is 56.3 Å². The summed E-state index contributed by atoms with van der Waals surface area (Å²) in [4.78, 5) is 14.7. The summed E-state index contributed by atoms with van der Waals surface area (Å²) in [6.45, 7) is 10.5. The Labute approximate surface area is 156 Å². The molecule has 0 aliphatic carbocycles. The zero-order valence-electron chi connectivity index (χ0n) is 16.2. The van der Waals surface area contributed by atoms with Crippen LogP contribution in [0.4, 0.5) is 0 Å². The Bertz CT molecular complexity index is 737. The summed E-state index contributed by atoms with van der Waals surface area (Å²) >= 11 is 1.65. The van der Waals surface area contributed by atoms with Crippen LogP contribution in [-0.4, -0.2) is 11.3 Å². The summed E-state index contributed by atoms with van der Waals surface area (Å²) in [7, 11) is 0. The number of hydrogen-bond donors (Lipinski definition) is 1. The lowest BCUT2D eigenvalue weighted by Gasteiger charge is -2.17. The van der Waals surface area contributed by atoms with Crippen molar-refractivity contribution in [2.75, 3.05) is 0 Å². The Morgan fingerprint density at radius 2 is 1.76 bits per heavy atom. The van der Waals surface area contributed by atoms with Gasteiger partial charge in [-0.15, -0.1) is 11.3 Å². The van der Waals surface area contributed by atoms with Crippen LogP contribution in [0.5, 0.6) is 0 Å². The van der Waals surface area contributed by atoms with Crippen molar-refractivity contribution < 1.29 is 4.79 Å². The summed E-state index contributed by atoms with van der Waals surface area (Å²) in [6.07, 6.45) is 4.38. The van der Waals surface area contributed by atoms with E-state index in [-0.39, 0.29) is 11.3 Å². The Balaban J connectivity index is 1.89. The third-order valence-electron chi connectivity index (χ3n) is 4.73. The minimum atomic E-state index is -0.160. The predicted octanol–water partition coefficient (Wildman–Crippen LogP) is 5.55. The summed E-state index contributed by atoms with van der Waals surface area (Å²) in [5, 5.41) is 0. The lowest BCUT2D eigenvalue weighted by Crippen LogP contribution is -2.32. The molecule has 0 amide bonds. The molecule has 2 rings (SSSR count). The first-order valence-corrected chi connectivity index (χ1v) is 9.95. The van der Waals surface area contributed by atoms with Crippen molar-refractivity contribution in [3.63, 3.8) is 0 Å². The Morgan fingerprint density at radius 1 is 1.04 bits per heavy atom. The van der Waals surface area contributed by atoms with E-state index in [1.807, 2.05) is 0 Å². The minimum Gasteiger partial charge on any atom is -0.326 e. The van der Waals surface area contributed by atoms with E-state index in [1.165, 1.54) is 27.1 Å². The van der Waals surface area contributed by atoms with E-state index in [4.69, 9.17) is 5.73 Å². The standard InChI is InChI=1S/C22H31NOS/c1-15-9-10-18(13-16(15)2)7-6-8-19(24)21-14-17(3)20(25-21)11-12-22(4,5)23/h9-10,13-14H,6-8,11-12,23H2,1-5H3. The molecule has 1 heterocycles. The molecule has 2 nitrogen and oxygen atoms in total. The van der Waals surface area contributed by atoms with Gasteiger partial charge in [-0.1, -0.05) is 18.2 Å². The number of carbonyl (C=O) groups excluding carboxylic acids is 1. The molecule has 0 saturated heterocycles. The van der Waals surface area contributed by atoms with Crippen LogP contribution >= 0.6 is 11.3 Å². The fourth-order valence-electron chi connectivity index (χ4n) is 2.88. The predicted molar refractivity (Wildman–Crippen MR) is 109 cm³/mol. The summed E-state index contributed by atoms with van der Waals surface area (Å²) in [5.74, 6) is 0.273. The van der Waals surface area contributed by atoms with Gasteiger partial charge in [-0.25, -0.2) is 0 Å². The van der Waals surface area contributed by atoms with Crippen molar-refractivity contribution in [1.82, 2.24) is 0 Å². The first-order valence-electron chi connectivity index (χ1n) is 9.13. The second-order valence-electron chi connectivity index (χ2n) is 7.90. The third kappa shape index (κ3) is 6.09. The molecule has 2 N–H and O–H groups in total. The van der Waals surface area contributed by atoms with Crippen molar-refractivity contribution in [1.29, 1.82) is 0 Å². The van der Waals surface area contributed by atoms with Gasteiger partial charge in [0.25, 0.3) is 0 Å². The SMILES string of the molecule is Cc1ccc(CCCC(=O)c2cc(C)c(CCC(C)(C)N)s2)cc1C. The quantitative estimate of drug-likeness (QED) is 0.630. The number of Topliss-reactive ketones (excluding diaryl/α,β-unsaturated/α-hetero) is 1. The van der Waals surface area contributed by atoms with Gasteiger partial charge in [-0.2, -0.15) is 0 Å². The maximum atomic E-state index is 12.5. The van der Waals surface area contributed by atoms with Crippen LogP contribution in [0.15, 0.2) is 24.3 Å². The molecule has 2 aromatic rings. The molecule has 136 valence electrons. The van der Waals surface area contributed by atoms with E-state index in [1.54, 1.807) is 11.3 Å². The average molecular weight is 358 g/mol. The van der Waals surface area contributed by atoms with Crippen molar-refractivity contribution in [2.24, 2.45) is 5.73 Å². The van der Waals surface area contributed by atoms with E-state index < -0.39 is 0 Å². The maximum absolute atomic E-state index is 12.5. The van der Waals surface area contributed by atoms with Gasteiger partial charge in [0, 0.05) is 16.8 Å². The van der Waals surface area contributed by atoms with Gasteiger partial charge in [-0.05, 0) is 88.6 Å². The van der Waals surface area contributed by atoms with Crippen LogP contribution in [0.25, 0.3) is 0 Å². The number of hydrogen-bond acceptors (Lipinski definition) is 3. The Kier molecular flexibility index (Phi) is 6.59. The molecule has 0 atom stereocenters. The second-order valence-corrected chi connectivity index (χ2v) is 9.04. The number of carbonyl (C=O) groups is 1. The highest BCUT2D eigenvalue weighted by Crippen LogP contribution is 2.26. The smallest absolute Gasteiger partial charge is 0.172 e. The summed E-state index contributed by atoms with van der Waals surface area (Å²) < 4.78 is 0. The molecule has 1 aromatic carbocycles. The lowest BCUT2D eigenvalue weighted by molar-refractivity contribution is 0.0984. The Hall–Kier alpha value is -1.45. The lowest BCUT2D eigenvalue weighted by atomic mass is 9.98. The van der Waals surface area contributed by atoms with Gasteiger partial charge in [0.2, 0.25) is 0 Å². The number of benzene rings is 1. The third-order valence-corrected chi connectivity index (χ3v) is 6.07. The fraction of sp³-hybridized carbons (Fsp3) is 0.500. The second kappa shape index (κ2) is 8.29. The van der Waals surface area contributed by atoms with Crippen LogP contribution in [0, 0.1) is 20.8 Å². The molecular weight excluding hydrogens is 326 g/mol. The molecule has 0 spiro atoms. The van der Waals surface area contributed by atoms with E-state index in [0.29, 0.717) is 6.42 Å². The zero-order valence-corrected chi connectivity index (χ0v) is 17.1. The van der Waals surface area contributed by atoms with Crippen LogP contribution in [0.3, 0.4) is 0 Å². The Morgan fingerprint density at radius 3 is 2.40 bits per heavy atom. The van der Waals surface area contributed by atoms with Gasteiger partial charge < -0.3 is 5.73 Å². The van der Waals surface area contributed by atoms with Crippen molar-refractivity contribution >= 4 is 17.1 Å². The highest BCUT2D eigenvalue weighted by Gasteiger charge is 2.16. The summed E-state index contributed by atoms with van der Waals surface area (Å²) in [6, 6.07) is 8.64. The highest BCUT2D eigenvalue weighted by molar-refractivity contribution is 7.14. The first-order chi connectivity index (χ1) is 11.7. The number of ketones is 1. The molecule has 3 heteroatoms. The van der Waals surface area contributed by atoms with Crippen molar-refractivity contribution in [3.8, 4) is 0 Å². The van der Waals surface area contributed by atoms with E-state index in [2.05, 4.69) is 58.9 Å². The molecule has 0 aliphatic rings. The summed E-state index contributed by atoms with van der Waals surface area (Å²) in [5.41, 5.74) is 11.1. The maximum Gasteiger partial charge on any atom is 0.172 e. The number of thiophene rings is 1. The molecule has 0 saturated carbocycles. The number of nitrogens with two attached hydrogens (primary N) is 1. The van der Waals surface area contributed by atoms with E-state index >= 15 is 0 Å².